The zero-order chi connectivity index (χ0) is 17.4. The van der Waals surface area contributed by atoms with Crippen LogP contribution in [0, 0.1) is 5.92 Å². The number of hydrogen-bond donors (Lipinski definition) is 3. The molecule has 0 spiro atoms. The molecule has 24 heavy (non-hydrogen) atoms. The number of urea groups is 1. The van der Waals surface area contributed by atoms with Crippen molar-refractivity contribution in [3.8, 4) is 0 Å². The zero-order valence-corrected chi connectivity index (χ0v) is 13.8. The molecule has 2 unspecified atom stereocenters. The van der Waals surface area contributed by atoms with Gasteiger partial charge in [0, 0.05) is 18.3 Å². The summed E-state index contributed by atoms with van der Waals surface area (Å²) in [6, 6.07) is 16.1. The molecule has 126 valence electrons. The minimum absolute atomic E-state index is 0.00322. The molecule has 3 N–H and O–H groups in total. The van der Waals surface area contributed by atoms with Crippen LogP contribution in [0.15, 0.2) is 64.8 Å². The van der Waals surface area contributed by atoms with Gasteiger partial charge < -0.3 is 15.7 Å². The fourth-order valence-electron chi connectivity index (χ4n) is 1.90. The number of benzene rings is 2. The maximum atomic E-state index is 11.9. The molecule has 0 aliphatic rings. The monoisotopic (exact) mass is 326 g/mol. The molecule has 2 aromatic rings. The van der Waals surface area contributed by atoms with E-state index in [-0.39, 0.29) is 24.6 Å². The molecule has 0 saturated heterocycles. The Morgan fingerprint density at radius 3 is 2.17 bits per heavy atom. The smallest absolute Gasteiger partial charge is 0.319 e. The molecule has 2 rings (SSSR count). The number of carbonyl (C=O) groups is 1. The highest BCUT2D eigenvalue weighted by atomic mass is 16.3. The van der Waals surface area contributed by atoms with E-state index in [9.17, 15) is 4.79 Å². The highest BCUT2D eigenvalue weighted by molar-refractivity contribution is 5.89. The van der Waals surface area contributed by atoms with Crippen molar-refractivity contribution >= 4 is 23.1 Å². The number of nitrogens with zero attached hydrogens (tertiary/aromatic N) is 2. The first-order valence-corrected chi connectivity index (χ1v) is 7.83. The van der Waals surface area contributed by atoms with Crippen molar-refractivity contribution in [2.45, 2.75) is 19.9 Å². The Kier molecular flexibility index (Phi) is 6.45. The number of amides is 2. The summed E-state index contributed by atoms with van der Waals surface area (Å²) in [6.07, 6.45) is 0. The fourth-order valence-corrected chi connectivity index (χ4v) is 1.90. The van der Waals surface area contributed by atoms with Crippen molar-refractivity contribution in [2.75, 3.05) is 11.9 Å². The summed E-state index contributed by atoms with van der Waals surface area (Å²) in [5, 5.41) is 22.9. The highest BCUT2D eigenvalue weighted by Crippen LogP contribution is 2.20. The van der Waals surface area contributed by atoms with Gasteiger partial charge >= 0.3 is 6.03 Å². The number of azo groups is 1. The van der Waals surface area contributed by atoms with Gasteiger partial charge in [0.05, 0.1) is 11.4 Å². The molecule has 2 atom stereocenters. The Balaban J connectivity index is 1.90. The van der Waals surface area contributed by atoms with Crippen LogP contribution in [-0.4, -0.2) is 23.8 Å². The van der Waals surface area contributed by atoms with E-state index in [0.29, 0.717) is 11.4 Å². The molecular formula is C18H22N4O2. The maximum Gasteiger partial charge on any atom is 0.319 e. The van der Waals surface area contributed by atoms with Crippen molar-refractivity contribution in [3.05, 3.63) is 54.6 Å². The van der Waals surface area contributed by atoms with E-state index in [4.69, 9.17) is 5.11 Å². The third-order valence-electron chi connectivity index (χ3n) is 3.66. The first-order valence-electron chi connectivity index (χ1n) is 7.83. The molecule has 0 heterocycles. The second kappa shape index (κ2) is 8.79. The van der Waals surface area contributed by atoms with Gasteiger partial charge in [-0.3, -0.25) is 0 Å². The van der Waals surface area contributed by atoms with Crippen LogP contribution in [0.25, 0.3) is 0 Å². The van der Waals surface area contributed by atoms with Crippen LogP contribution in [0.2, 0.25) is 0 Å². The molecule has 0 aromatic heterocycles. The summed E-state index contributed by atoms with van der Waals surface area (Å²) in [7, 11) is 0. The summed E-state index contributed by atoms with van der Waals surface area (Å²) >= 11 is 0. The lowest BCUT2D eigenvalue weighted by molar-refractivity contribution is 0.204. The first-order chi connectivity index (χ1) is 11.6. The molecule has 0 radical (unpaired) electrons. The average Bonchev–Trinajstić information content (AvgIpc) is 2.61. The van der Waals surface area contributed by atoms with Crippen molar-refractivity contribution in [2.24, 2.45) is 16.1 Å². The number of aliphatic hydroxyl groups is 1. The summed E-state index contributed by atoms with van der Waals surface area (Å²) in [6.45, 7) is 3.76. The molecule has 0 fully saturated rings. The molecule has 2 aromatic carbocycles. The lowest BCUT2D eigenvalue weighted by Crippen LogP contribution is -2.40. The molecule has 6 heteroatoms. The van der Waals surface area contributed by atoms with E-state index < -0.39 is 0 Å². The predicted octanol–water partition coefficient (Wildman–Crippen LogP) is 4.24. The summed E-state index contributed by atoms with van der Waals surface area (Å²) < 4.78 is 0. The van der Waals surface area contributed by atoms with Crippen molar-refractivity contribution in [3.63, 3.8) is 0 Å². The number of hydrogen-bond acceptors (Lipinski definition) is 4. The maximum absolute atomic E-state index is 11.9. The Labute approximate surface area is 141 Å². The lowest BCUT2D eigenvalue weighted by Gasteiger charge is -2.19. The van der Waals surface area contributed by atoms with E-state index in [2.05, 4.69) is 20.9 Å². The first kappa shape index (κ1) is 17.6. The second-order valence-electron chi connectivity index (χ2n) is 5.63. The predicted molar refractivity (Wildman–Crippen MR) is 94.9 cm³/mol. The van der Waals surface area contributed by atoms with Gasteiger partial charge in [-0.05, 0) is 49.2 Å². The quantitative estimate of drug-likeness (QED) is 0.693. The Morgan fingerprint density at radius 2 is 1.58 bits per heavy atom. The normalized spacial score (nSPS) is 13.5. The Bertz CT molecular complexity index is 671. The average molecular weight is 326 g/mol. The molecule has 0 saturated carbocycles. The van der Waals surface area contributed by atoms with Crippen molar-refractivity contribution in [1.82, 2.24) is 5.32 Å². The molecule has 6 nitrogen and oxygen atoms in total. The van der Waals surface area contributed by atoms with Crippen molar-refractivity contribution < 1.29 is 9.90 Å². The lowest BCUT2D eigenvalue weighted by atomic mass is 10.1. The van der Waals surface area contributed by atoms with E-state index in [1.54, 1.807) is 24.3 Å². The third-order valence-corrected chi connectivity index (χ3v) is 3.66. The van der Waals surface area contributed by atoms with Gasteiger partial charge in [-0.15, -0.1) is 0 Å². The number of rotatable bonds is 6. The van der Waals surface area contributed by atoms with Gasteiger partial charge in [-0.25, -0.2) is 4.79 Å². The third kappa shape index (κ3) is 5.48. The van der Waals surface area contributed by atoms with Crippen molar-refractivity contribution in [1.29, 1.82) is 0 Å². The molecular weight excluding hydrogens is 304 g/mol. The van der Waals surface area contributed by atoms with Gasteiger partial charge in [0.25, 0.3) is 0 Å². The van der Waals surface area contributed by atoms with E-state index >= 15 is 0 Å². The van der Waals surface area contributed by atoms with Crippen LogP contribution in [0.3, 0.4) is 0 Å². The number of aliphatic hydroxyl groups excluding tert-OH is 1. The summed E-state index contributed by atoms with van der Waals surface area (Å²) in [5.41, 5.74) is 2.15. The van der Waals surface area contributed by atoms with Gasteiger partial charge in [0.15, 0.2) is 0 Å². The Hall–Kier alpha value is -2.73. The fraction of sp³-hybridized carbons (Fsp3) is 0.278. The number of carbonyl (C=O) groups excluding carboxylic acids is 1. The van der Waals surface area contributed by atoms with Crippen LogP contribution in [0.4, 0.5) is 21.9 Å². The van der Waals surface area contributed by atoms with Gasteiger partial charge in [-0.2, -0.15) is 10.2 Å². The van der Waals surface area contributed by atoms with Gasteiger partial charge in [0.1, 0.15) is 0 Å². The van der Waals surface area contributed by atoms with Crippen LogP contribution >= 0.6 is 0 Å². The zero-order valence-electron chi connectivity index (χ0n) is 13.8. The SMILES string of the molecule is CC(CO)C(C)NC(=O)Nc1ccc(N=Nc2ccccc2)cc1. The molecule has 0 aliphatic carbocycles. The topological polar surface area (TPSA) is 86.1 Å². The number of anilines is 1. The molecule has 0 aliphatic heterocycles. The molecule has 0 bridgehead atoms. The van der Waals surface area contributed by atoms with E-state index in [0.717, 1.165) is 5.69 Å². The standard InChI is InChI=1S/C18H22N4O2/c1-13(12-23)14(2)19-18(24)20-15-8-10-17(11-9-15)22-21-16-6-4-3-5-7-16/h3-11,13-14,23H,12H2,1-2H3,(H2,19,20,24). The summed E-state index contributed by atoms with van der Waals surface area (Å²) in [5.74, 6) is -0.00322. The minimum Gasteiger partial charge on any atom is -0.396 e. The summed E-state index contributed by atoms with van der Waals surface area (Å²) in [4.78, 5) is 11.9. The van der Waals surface area contributed by atoms with E-state index in [1.807, 2.05) is 44.2 Å². The van der Waals surface area contributed by atoms with Gasteiger partial charge in [0.2, 0.25) is 0 Å². The van der Waals surface area contributed by atoms with Crippen LogP contribution in [0.5, 0.6) is 0 Å². The minimum atomic E-state index is -0.304. The largest absolute Gasteiger partial charge is 0.396 e. The van der Waals surface area contributed by atoms with Crippen LogP contribution in [0.1, 0.15) is 13.8 Å². The van der Waals surface area contributed by atoms with E-state index in [1.165, 1.54) is 0 Å². The molecule has 2 amide bonds. The second-order valence-corrected chi connectivity index (χ2v) is 5.63. The van der Waals surface area contributed by atoms with Crippen LogP contribution < -0.4 is 10.6 Å². The number of nitrogens with one attached hydrogen (secondary N) is 2. The van der Waals surface area contributed by atoms with Crippen LogP contribution in [-0.2, 0) is 0 Å². The van der Waals surface area contributed by atoms with Gasteiger partial charge in [-0.1, -0.05) is 25.1 Å². The Morgan fingerprint density at radius 1 is 1.00 bits per heavy atom. The highest BCUT2D eigenvalue weighted by Gasteiger charge is 2.13.